The Labute approximate surface area is 223 Å². The Morgan fingerprint density at radius 2 is 1.73 bits per heavy atom. The molecule has 1 N–H and O–H groups in total. The van der Waals surface area contributed by atoms with Crippen molar-refractivity contribution in [1.82, 2.24) is 15.3 Å². The van der Waals surface area contributed by atoms with Gasteiger partial charge >= 0.3 is 5.76 Å². The van der Waals surface area contributed by atoms with Crippen molar-refractivity contribution in [3.63, 3.8) is 0 Å². The normalized spacial score (nSPS) is 11.8. The second-order valence-electron chi connectivity index (χ2n) is 8.31. The highest BCUT2D eigenvalue weighted by Crippen LogP contribution is 2.35. The van der Waals surface area contributed by atoms with Crippen LogP contribution in [0, 0.1) is 11.6 Å². The number of rotatable bonds is 9. The van der Waals surface area contributed by atoms with Crippen LogP contribution in [-0.4, -0.2) is 36.7 Å². The molecule has 0 aliphatic heterocycles. The summed E-state index contributed by atoms with van der Waals surface area (Å²) in [6.45, 7) is 1.39. The number of hydrogen-bond acceptors (Lipinski definition) is 6. The summed E-state index contributed by atoms with van der Waals surface area (Å²) in [5.74, 6) is -6.94. The van der Waals surface area contributed by atoms with Crippen LogP contribution in [0.15, 0.2) is 59.6 Å². The number of sulfone groups is 1. The van der Waals surface area contributed by atoms with Gasteiger partial charge in [0.15, 0.2) is 0 Å². The van der Waals surface area contributed by atoms with Gasteiger partial charge in [-0.05, 0) is 43.3 Å². The predicted octanol–water partition coefficient (Wildman–Crippen LogP) is 5.84. The molecule has 210 valence electrons. The molecule has 0 fully saturated rings. The maximum atomic E-state index is 15.6. The van der Waals surface area contributed by atoms with Crippen LogP contribution in [0.4, 0.5) is 26.3 Å². The summed E-state index contributed by atoms with van der Waals surface area (Å²) in [5, 5.41) is 2.79. The number of fused-ring (bicyclic) bond motifs is 1. The third-order valence-corrected chi connectivity index (χ3v) is 7.06. The second kappa shape index (κ2) is 11.5. The van der Waals surface area contributed by atoms with Crippen molar-refractivity contribution in [2.24, 2.45) is 0 Å². The van der Waals surface area contributed by atoms with E-state index in [4.69, 9.17) is 4.74 Å². The number of ether oxygens (including phenoxy) is 1. The lowest BCUT2D eigenvalue weighted by atomic mass is 10.0. The summed E-state index contributed by atoms with van der Waals surface area (Å²) in [5.41, 5.74) is -0.773. The Bertz CT molecular complexity index is 1700. The van der Waals surface area contributed by atoms with E-state index in [1.807, 2.05) is 0 Å². The van der Waals surface area contributed by atoms with Crippen molar-refractivity contribution in [1.29, 1.82) is 0 Å². The van der Waals surface area contributed by atoms with Gasteiger partial charge in [-0.1, -0.05) is 12.1 Å². The van der Waals surface area contributed by atoms with Crippen molar-refractivity contribution in [3.8, 4) is 17.0 Å². The Balaban J connectivity index is 1.63. The largest absolute Gasteiger partial charge is 0.478 e. The van der Waals surface area contributed by atoms with Gasteiger partial charge in [-0.15, -0.1) is 0 Å². The maximum Gasteiger partial charge on any atom is 0.341 e. The number of amides is 1. The SMILES string of the molecule is CCOc1nc(C(F)F)ccc1-c1ccc2cnc(CNC(=O)c3cc(F)cc(S(=O)(=O)C(F)F)c3)cc2c1F. The molecule has 4 rings (SSSR count). The molecule has 40 heavy (non-hydrogen) atoms. The van der Waals surface area contributed by atoms with Crippen molar-refractivity contribution < 1.29 is 44.3 Å². The first-order chi connectivity index (χ1) is 18.9. The number of pyridine rings is 2. The van der Waals surface area contributed by atoms with Gasteiger partial charge in [0.1, 0.15) is 17.3 Å². The summed E-state index contributed by atoms with van der Waals surface area (Å²) in [4.78, 5) is 19.4. The van der Waals surface area contributed by atoms with Gasteiger partial charge in [0.05, 0.1) is 23.7 Å². The highest BCUT2D eigenvalue weighted by molar-refractivity contribution is 7.91. The smallest absolute Gasteiger partial charge is 0.341 e. The number of hydrogen-bond donors (Lipinski definition) is 1. The molecule has 7 nitrogen and oxygen atoms in total. The summed E-state index contributed by atoms with van der Waals surface area (Å²) >= 11 is 0. The Hall–Kier alpha value is -4.20. The average Bonchev–Trinajstić information content (AvgIpc) is 2.92. The number of aromatic nitrogens is 2. The minimum Gasteiger partial charge on any atom is -0.478 e. The first-order valence-electron chi connectivity index (χ1n) is 11.5. The molecule has 0 spiro atoms. The molecule has 2 heterocycles. The molecule has 0 aliphatic rings. The monoisotopic (exact) mass is 583 g/mol. The van der Waals surface area contributed by atoms with E-state index in [1.54, 1.807) is 6.92 Å². The highest BCUT2D eigenvalue weighted by Gasteiger charge is 2.28. The predicted molar refractivity (Wildman–Crippen MR) is 132 cm³/mol. The van der Waals surface area contributed by atoms with Crippen LogP contribution in [-0.2, 0) is 16.4 Å². The van der Waals surface area contributed by atoms with Crippen LogP contribution in [0.1, 0.15) is 35.1 Å². The van der Waals surface area contributed by atoms with Crippen molar-refractivity contribution in [2.45, 2.75) is 30.5 Å². The Morgan fingerprint density at radius 3 is 2.40 bits per heavy atom. The molecule has 0 radical (unpaired) electrons. The van der Waals surface area contributed by atoms with Gasteiger partial charge in [0.25, 0.3) is 12.3 Å². The molecule has 4 aromatic rings. The van der Waals surface area contributed by atoms with E-state index >= 15 is 4.39 Å². The van der Waals surface area contributed by atoms with E-state index < -0.39 is 55.7 Å². The Morgan fingerprint density at radius 1 is 1.00 bits per heavy atom. The molecule has 0 atom stereocenters. The fourth-order valence-electron chi connectivity index (χ4n) is 3.79. The van der Waals surface area contributed by atoms with E-state index in [0.29, 0.717) is 23.6 Å². The molecule has 0 bridgehead atoms. The average molecular weight is 584 g/mol. The lowest BCUT2D eigenvalue weighted by molar-refractivity contribution is 0.0949. The molecule has 2 aromatic carbocycles. The van der Waals surface area contributed by atoms with Crippen molar-refractivity contribution in [2.75, 3.05) is 6.61 Å². The molecule has 0 aliphatic carbocycles. The lowest BCUT2D eigenvalue weighted by Crippen LogP contribution is -2.24. The van der Waals surface area contributed by atoms with Gasteiger partial charge in [0.2, 0.25) is 15.7 Å². The van der Waals surface area contributed by atoms with Crippen LogP contribution in [0.25, 0.3) is 21.9 Å². The second-order valence-corrected chi connectivity index (χ2v) is 10.2. The minimum atomic E-state index is -5.15. The third kappa shape index (κ3) is 5.86. The van der Waals surface area contributed by atoms with Gasteiger partial charge < -0.3 is 10.1 Å². The summed E-state index contributed by atoms with van der Waals surface area (Å²) < 4.78 is 110. The number of alkyl halides is 4. The van der Waals surface area contributed by atoms with Gasteiger partial charge in [-0.2, -0.15) is 8.78 Å². The maximum absolute atomic E-state index is 15.6. The topological polar surface area (TPSA) is 98.2 Å². The first-order valence-corrected chi connectivity index (χ1v) is 13.1. The van der Waals surface area contributed by atoms with Crippen LogP contribution in [0.2, 0.25) is 0 Å². The number of nitrogens with zero attached hydrogens (tertiary/aromatic N) is 2. The zero-order valence-electron chi connectivity index (χ0n) is 20.5. The van der Waals surface area contributed by atoms with Crippen LogP contribution >= 0.6 is 0 Å². The summed E-state index contributed by atoms with van der Waals surface area (Å²) in [6, 6.07) is 8.25. The van der Waals surface area contributed by atoms with E-state index in [2.05, 4.69) is 15.3 Å². The lowest BCUT2D eigenvalue weighted by Gasteiger charge is -2.13. The molecule has 2 aromatic heterocycles. The van der Waals surface area contributed by atoms with Crippen LogP contribution in [0.5, 0.6) is 5.88 Å². The highest BCUT2D eigenvalue weighted by atomic mass is 32.2. The molecule has 0 saturated heterocycles. The molecule has 0 saturated carbocycles. The van der Waals surface area contributed by atoms with Crippen LogP contribution < -0.4 is 10.1 Å². The molecule has 14 heteroatoms. The number of carbonyl (C=O) groups excluding carboxylic acids is 1. The van der Waals surface area contributed by atoms with E-state index in [0.717, 1.165) is 6.07 Å². The zero-order chi connectivity index (χ0) is 29.2. The van der Waals surface area contributed by atoms with Crippen LogP contribution in [0.3, 0.4) is 0 Å². The Kier molecular flexibility index (Phi) is 8.28. The first kappa shape index (κ1) is 28.8. The van der Waals surface area contributed by atoms with E-state index in [9.17, 15) is 35.2 Å². The summed E-state index contributed by atoms with van der Waals surface area (Å²) in [7, 11) is -5.15. The molecular formula is C26H19F6N3O4S. The minimum absolute atomic E-state index is 0.0120. The van der Waals surface area contributed by atoms with Gasteiger partial charge in [-0.3, -0.25) is 9.78 Å². The van der Waals surface area contributed by atoms with E-state index in [-0.39, 0.29) is 41.2 Å². The number of nitrogens with one attached hydrogen (secondary N) is 1. The van der Waals surface area contributed by atoms with Gasteiger partial charge in [0, 0.05) is 33.7 Å². The molecule has 0 unspecified atom stereocenters. The van der Waals surface area contributed by atoms with Crippen molar-refractivity contribution >= 4 is 26.5 Å². The number of halogens is 6. The van der Waals surface area contributed by atoms with Crippen molar-refractivity contribution in [3.05, 3.63) is 83.3 Å². The standard InChI is InChI=1S/C26H19F6N3O4S/c1-2-39-25-19(5-6-21(35-25)23(29)30)18-4-3-13-11-33-16(10-20(13)22(18)28)12-34-24(36)14-7-15(27)9-17(8-14)40(37,38)26(31)32/h3-11,23,26H,2,12H2,1H3,(H,34,36). The third-order valence-electron chi connectivity index (χ3n) is 5.70. The fraction of sp³-hybridized carbons (Fsp3) is 0.192. The number of benzene rings is 2. The number of carbonyl (C=O) groups is 1. The molecular weight excluding hydrogens is 564 g/mol. The zero-order valence-corrected chi connectivity index (χ0v) is 21.3. The summed E-state index contributed by atoms with van der Waals surface area (Å²) in [6.07, 6.45) is -1.54. The molecule has 1 amide bonds. The van der Waals surface area contributed by atoms with Gasteiger partial charge in [-0.25, -0.2) is 31.0 Å². The fourth-order valence-corrected chi connectivity index (χ4v) is 4.56. The van der Waals surface area contributed by atoms with E-state index in [1.165, 1.54) is 30.5 Å². The quantitative estimate of drug-likeness (QED) is 0.249.